The third kappa shape index (κ3) is 5.93. The van der Waals surface area contributed by atoms with Crippen molar-refractivity contribution in [1.29, 1.82) is 0 Å². The van der Waals surface area contributed by atoms with E-state index >= 15 is 0 Å². The molecule has 2 aromatic carbocycles. The molecule has 0 aliphatic carbocycles. The number of benzene rings is 2. The van der Waals surface area contributed by atoms with Gasteiger partial charge in [-0.3, -0.25) is 9.59 Å². The van der Waals surface area contributed by atoms with Crippen LogP contribution in [-0.4, -0.2) is 11.6 Å². The lowest BCUT2D eigenvalue weighted by atomic mass is 9.99. The Bertz CT molecular complexity index is 687. The maximum absolute atomic E-state index is 12.9. The summed E-state index contributed by atoms with van der Waals surface area (Å²) in [5.74, 6) is -0.418. The molecule has 0 aromatic heterocycles. The summed E-state index contributed by atoms with van der Waals surface area (Å²) < 4.78 is 12.9. The summed E-state index contributed by atoms with van der Waals surface area (Å²) in [5.41, 5.74) is 1.58. The van der Waals surface area contributed by atoms with Gasteiger partial charge in [0, 0.05) is 23.1 Å². The van der Waals surface area contributed by atoms with Crippen molar-refractivity contribution in [2.75, 3.05) is 0 Å². The Morgan fingerprint density at radius 1 is 0.720 bits per heavy atom. The maximum atomic E-state index is 12.9. The van der Waals surface area contributed by atoms with E-state index in [0.717, 1.165) is 12.8 Å². The molecule has 0 radical (unpaired) electrons. The molecule has 0 amide bonds. The largest absolute Gasteiger partial charge is 0.294 e. The van der Waals surface area contributed by atoms with Gasteiger partial charge in [-0.2, -0.15) is 0 Å². The summed E-state index contributed by atoms with van der Waals surface area (Å²) in [7, 11) is 0. The van der Waals surface area contributed by atoms with Gasteiger partial charge >= 0.3 is 0 Å². The number of carbonyl (C=O) groups is 2. The molecule has 0 fully saturated rings. The van der Waals surface area contributed by atoms with Gasteiger partial charge in [-0.1, -0.05) is 63.3 Å². The Morgan fingerprint density at radius 3 is 1.80 bits per heavy atom. The second kappa shape index (κ2) is 9.87. The Morgan fingerprint density at radius 2 is 1.20 bits per heavy atom. The zero-order valence-corrected chi connectivity index (χ0v) is 14.8. The molecule has 2 rings (SSSR count). The molecule has 25 heavy (non-hydrogen) atoms. The first-order valence-corrected chi connectivity index (χ1v) is 9.05. The highest BCUT2D eigenvalue weighted by Gasteiger charge is 2.11. The fraction of sp³-hybridized carbons (Fsp3) is 0.364. The number of unbranched alkanes of at least 4 members (excludes halogenated alkanes) is 5. The van der Waals surface area contributed by atoms with Crippen LogP contribution in [0.4, 0.5) is 4.39 Å². The number of carbonyl (C=O) groups excluding carboxylic acids is 2. The molecule has 0 unspecified atom stereocenters. The second-order valence-electron chi connectivity index (χ2n) is 6.35. The first-order valence-electron chi connectivity index (χ1n) is 9.05. The van der Waals surface area contributed by atoms with Crippen molar-refractivity contribution < 1.29 is 14.0 Å². The molecule has 2 aromatic rings. The van der Waals surface area contributed by atoms with Gasteiger partial charge in [0.25, 0.3) is 0 Å². The fourth-order valence-electron chi connectivity index (χ4n) is 2.79. The van der Waals surface area contributed by atoms with Crippen molar-refractivity contribution in [2.45, 2.75) is 51.9 Å². The average Bonchev–Trinajstić information content (AvgIpc) is 2.64. The van der Waals surface area contributed by atoms with E-state index in [4.69, 9.17) is 0 Å². The topological polar surface area (TPSA) is 34.1 Å². The van der Waals surface area contributed by atoms with E-state index in [1.54, 1.807) is 24.3 Å². The zero-order valence-electron chi connectivity index (χ0n) is 14.8. The average molecular weight is 340 g/mol. The highest BCUT2D eigenvalue weighted by atomic mass is 19.1. The summed E-state index contributed by atoms with van der Waals surface area (Å²) >= 11 is 0. The minimum atomic E-state index is -0.368. The molecule has 0 N–H and O–H groups in total. The van der Waals surface area contributed by atoms with Gasteiger partial charge in [-0.25, -0.2) is 4.39 Å². The highest BCUT2D eigenvalue weighted by molar-refractivity contribution is 6.09. The Hall–Kier alpha value is -2.29. The van der Waals surface area contributed by atoms with Crippen LogP contribution >= 0.6 is 0 Å². The van der Waals surface area contributed by atoms with Gasteiger partial charge in [0.15, 0.2) is 11.6 Å². The van der Waals surface area contributed by atoms with Crippen LogP contribution in [0, 0.1) is 5.82 Å². The van der Waals surface area contributed by atoms with Gasteiger partial charge in [0.2, 0.25) is 0 Å². The number of hydrogen-bond acceptors (Lipinski definition) is 2. The zero-order chi connectivity index (χ0) is 18.1. The molecule has 3 heteroatoms. The smallest absolute Gasteiger partial charge is 0.193 e. The monoisotopic (exact) mass is 340 g/mol. The maximum Gasteiger partial charge on any atom is 0.193 e. The van der Waals surface area contributed by atoms with Crippen LogP contribution in [0.5, 0.6) is 0 Å². The van der Waals surface area contributed by atoms with Crippen molar-refractivity contribution in [3.8, 4) is 0 Å². The molecule has 0 aliphatic rings. The number of ketones is 2. The minimum absolute atomic E-state index is 0.122. The minimum Gasteiger partial charge on any atom is -0.294 e. The van der Waals surface area contributed by atoms with E-state index in [0.29, 0.717) is 23.1 Å². The predicted octanol–water partition coefficient (Wildman–Crippen LogP) is 5.99. The normalized spacial score (nSPS) is 10.6. The number of Topliss-reactive ketones (excluding diaryl/α,β-unsaturated/α-hetero) is 1. The van der Waals surface area contributed by atoms with Crippen LogP contribution in [0.25, 0.3) is 0 Å². The predicted molar refractivity (Wildman–Crippen MR) is 98.6 cm³/mol. The lowest BCUT2D eigenvalue weighted by Gasteiger charge is -2.04. The van der Waals surface area contributed by atoms with Crippen LogP contribution in [-0.2, 0) is 0 Å². The molecule has 132 valence electrons. The molecular weight excluding hydrogens is 315 g/mol. The summed E-state index contributed by atoms with van der Waals surface area (Å²) in [4.78, 5) is 24.5. The van der Waals surface area contributed by atoms with Crippen LogP contribution < -0.4 is 0 Å². The second-order valence-corrected chi connectivity index (χ2v) is 6.35. The molecule has 0 aliphatic heterocycles. The van der Waals surface area contributed by atoms with Crippen molar-refractivity contribution in [3.05, 3.63) is 71.0 Å². The van der Waals surface area contributed by atoms with Crippen LogP contribution in [0.15, 0.2) is 48.5 Å². The summed E-state index contributed by atoms with van der Waals surface area (Å²) in [6.45, 7) is 2.19. The van der Waals surface area contributed by atoms with Crippen LogP contribution in [0.3, 0.4) is 0 Å². The van der Waals surface area contributed by atoms with E-state index in [1.807, 2.05) is 0 Å². The van der Waals surface area contributed by atoms with Crippen LogP contribution in [0.1, 0.15) is 78.1 Å². The van der Waals surface area contributed by atoms with Gasteiger partial charge in [0.05, 0.1) is 0 Å². The van der Waals surface area contributed by atoms with E-state index in [9.17, 15) is 14.0 Å². The van der Waals surface area contributed by atoms with Crippen molar-refractivity contribution in [2.24, 2.45) is 0 Å². The Labute approximate surface area is 149 Å². The Kier molecular flexibility index (Phi) is 7.52. The highest BCUT2D eigenvalue weighted by Crippen LogP contribution is 2.15. The van der Waals surface area contributed by atoms with E-state index < -0.39 is 0 Å². The first kappa shape index (κ1) is 19.0. The third-order valence-corrected chi connectivity index (χ3v) is 4.33. The third-order valence-electron chi connectivity index (χ3n) is 4.33. The van der Waals surface area contributed by atoms with Crippen LogP contribution in [0.2, 0.25) is 0 Å². The standard InChI is InChI=1S/C22H25FO2/c1-2-3-4-5-6-7-8-21(24)17-9-11-18(12-10-17)22(25)19-13-15-20(23)16-14-19/h9-16H,2-8H2,1H3. The van der Waals surface area contributed by atoms with Gasteiger partial charge < -0.3 is 0 Å². The van der Waals surface area contributed by atoms with Crippen molar-refractivity contribution in [3.63, 3.8) is 0 Å². The lowest BCUT2D eigenvalue weighted by molar-refractivity contribution is 0.0977. The quantitative estimate of drug-likeness (QED) is 0.393. The number of hydrogen-bond donors (Lipinski definition) is 0. The van der Waals surface area contributed by atoms with Gasteiger partial charge in [0.1, 0.15) is 5.82 Å². The fourth-order valence-corrected chi connectivity index (χ4v) is 2.79. The lowest BCUT2D eigenvalue weighted by Crippen LogP contribution is -2.03. The Balaban J connectivity index is 1.87. The molecule has 0 atom stereocenters. The van der Waals surface area contributed by atoms with Crippen molar-refractivity contribution >= 4 is 11.6 Å². The summed E-state index contributed by atoms with van der Waals surface area (Å²) in [6.07, 6.45) is 7.47. The number of rotatable bonds is 10. The molecule has 2 nitrogen and oxygen atoms in total. The SMILES string of the molecule is CCCCCCCCC(=O)c1ccc(C(=O)c2ccc(F)cc2)cc1. The molecule has 0 bridgehead atoms. The van der Waals surface area contributed by atoms with Gasteiger partial charge in [-0.15, -0.1) is 0 Å². The van der Waals surface area contributed by atoms with Gasteiger partial charge in [-0.05, 0) is 30.7 Å². The van der Waals surface area contributed by atoms with E-state index in [1.165, 1.54) is 49.9 Å². The number of halogens is 1. The molecule has 0 heterocycles. The molecule has 0 saturated heterocycles. The molecule has 0 spiro atoms. The van der Waals surface area contributed by atoms with Crippen molar-refractivity contribution in [1.82, 2.24) is 0 Å². The first-order chi connectivity index (χ1) is 12.1. The van der Waals surface area contributed by atoms with E-state index in [2.05, 4.69) is 6.92 Å². The summed E-state index contributed by atoms with van der Waals surface area (Å²) in [5, 5.41) is 0. The van der Waals surface area contributed by atoms with E-state index in [-0.39, 0.29) is 17.4 Å². The molecule has 0 saturated carbocycles. The molecular formula is C22H25FO2. The summed E-state index contributed by atoms with van der Waals surface area (Å²) in [6, 6.07) is 12.2.